The number of ether oxygens (including phenoxy) is 1. The number of hydrogen-bond donors (Lipinski definition) is 0. The van der Waals surface area contributed by atoms with E-state index in [2.05, 4.69) is 6.58 Å². The van der Waals surface area contributed by atoms with Gasteiger partial charge in [-0.1, -0.05) is 18.9 Å². The molecule has 1 aliphatic rings. The van der Waals surface area contributed by atoms with E-state index in [4.69, 9.17) is 4.74 Å². The Balaban J connectivity index is 2.53. The number of rotatable bonds is 8. The highest BCUT2D eigenvalue weighted by Gasteiger charge is 2.48. The van der Waals surface area contributed by atoms with E-state index in [0.717, 1.165) is 32.1 Å². The molecule has 0 saturated heterocycles. The maximum absolute atomic E-state index is 12.0. The van der Waals surface area contributed by atoms with Gasteiger partial charge in [0.2, 0.25) is 0 Å². The highest BCUT2D eigenvalue weighted by atomic mass is 16.5. The maximum atomic E-state index is 12.0. The molecule has 1 aliphatic carbocycles. The fourth-order valence-electron chi connectivity index (χ4n) is 2.67. The smallest absolute Gasteiger partial charge is 0.319 e. The molecule has 0 N–H and O–H groups in total. The largest absolute Gasteiger partial charge is 0.465 e. The van der Waals surface area contributed by atoms with Crippen LogP contribution in [0.15, 0.2) is 12.7 Å². The van der Waals surface area contributed by atoms with Crippen molar-refractivity contribution in [3.63, 3.8) is 0 Å². The number of unbranched alkanes of at least 4 members (excludes halogenated alkanes) is 3. The lowest BCUT2D eigenvalue weighted by Crippen LogP contribution is -2.36. The number of carbonyl (C=O) groups is 2. The average Bonchev–Trinajstić information content (AvgIpc) is 2.72. The van der Waals surface area contributed by atoms with E-state index in [1.807, 2.05) is 6.08 Å². The molecule has 1 unspecified atom stereocenters. The topological polar surface area (TPSA) is 43.4 Å². The van der Waals surface area contributed by atoms with Gasteiger partial charge in [0.15, 0.2) is 0 Å². The number of carbonyl (C=O) groups excluding carboxylic acids is 2. The van der Waals surface area contributed by atoms with Crippen LogP contribution in [0, 0.1) is 5.41 Å². The third kappa shape index (κ3) is 3.44. The monoisotopic (exact) mass is 252 g/mol. The van der Waals surface area contributed by atoms with Gasteiger partial charge >= 0.3 is 5.97 Å². The highest BCUT2D eigenvalue weighted by molar-refractivity contribution is 6.05. The lowest BCUT2D eigenvalue weighted by molar-refractivity contribution is -0.159. The molecule has 0 aromatic heterocycles. The van der Waals surface area contributed by atoms with Gasteiger partial charge in [-0.15, -0.1) is 6.58 Å². The number of allylic oxidation sites excluding steroid dienone is 1. The summed E-state index contributed by atoms with van der Waals surface area (Å²) in [5.74, 6) is -0.208. The predicted octanol–water partition coefficient (Wildman–Crippen LogP) is 3.43. The lowest BCUT2D eigenvalue weighted by Gasteiger charge is -2.24. The van der Waals surface area contributed by atoms with Crippen molar-refractivity contribution in [3.8, 4) is 0 Å². The zero-order chi connectivity index (χ0) is 13.4. The van der Waals surface area contributed by atoms with E-state index < -0.39 is 5.41 Å². The molecule has 0 bridgehead atoms. The molecule has 102 valence electrons. The molecule has 0 radical (unpaired) electrons. The Labute approximate surface area is 110 Å². The first-order chi connectivity index (χ1) is 8.67. The van der Waals surface area contributed by atoms with Gasteiger partial charge < -0.3 is 4.74 Å². The molecule has 1 saturated carbocycles. The predicted molar refractivity (Wildman–Crippen MR) is 71.2 cm³/mol. The number of ketones is 1. The van der Waals surface area contributed by atoms with Gasteiger partial charge in [-0.3, -0.25) is 9.59 Å². The molecule has 3 heteroatoms. The fourth-order valence-corrected chi connectivity index (χ4v) is 2.67. The van der Waals surface area contributed by atoms with Gasteiger partial charge in [0, 0.05) is 6.42 Å². The van der Waals surface area contributed by atoms with Gasteiger partial charge in [-0.2, -0.15) is 0 Å². The van der Waals surface area contributed by atoms with E-state index in [-0.39, 0.29) is 11.8 Å². The number of hydrogen-bond acceptors (Lipinski definition) is 3. The van der Waals surface area contributed by atoms with Crippen molar-refractivity contribution in [1.29, 1.82) is 0 Å². The van der Waals surface area contributed by atoms with Crippen LogP contribution in [0.1, 0.15) is 58.3 Å². The van der Waals surface area contributed by atoms with Crippen LogP contribution >= 0.6 is 0 Å². The van der Waals surface area contributed by atoms with Crippen LogP contribution in [0.2, 0.25) is 0 Å². The zero-order valence-electron chi connectivity index (χ0n) is 11.4. The first-order valence-corrected chi connectivity index (χ1v) is 6.99. The third-order valence-corrected chi connectivity index (χ3v) is 3.72. The van der Waals surface area contributed by atoms with Crippen LogP contribution in [0.4, 0.5) is 0 Å². The Morgan fingerprint density at radius 1 is 1.44 bits per heavy atom. The molecule has 0 spiro atoms. The standard InChI is InChI=1S/C15H24O3/c1-3-5-6-7-8-11-15(14(17)18-4-2)12-9-10-13(15)16/h3H,1,4-12H2,2H3. The molecule has 1 fully saturated rings. The SMILES string of the molecule is C=CCCCCCC1(C(=O)OCC)CCCC1=O. The quantitative estimate of drug-likeness (QED) is 0.288. The van der Waals surface area contributed by atoms with Gasteiger partial charge in [-0.05, 0) is 39.0 Å². The van der Waals surface area contributed by atoms with Gasteiger partial charge in [0.25, 0.3) is 0 Å². The second-order valence-electron chi connectivity index (χ2n) is 4.97. The van der Waals surface area contributed by atoms with Crippen molar-refractivity contribution in [1.82, 2.24) is 0 Å². The van der Waals surface area contributed by atoms with Crippen molar-refractivity contribution in [3.05, 3.63) is 12.7 Å². The number of esters is 1. The summed E-state index contributed by atoms with van der Waals surface area (Å²) in [6, 6.07) is 0. The summed E-state index contributed by atoms with van der Waals surface area (Å²) in [6.45, 7) is 5.82. The fraction of sp³-hybridized carbons (Fsp3) is 0.733. The Hall–Kier alpha value is -1.12. The Kier molecular flexibility index (Phi) is 6.10. The summed E-state index contributed by atoms with van der Waals surface area (Å²) >= 11 is 0. The Morgan fingerprint density at radius 3 is 2.78 bits per heavy atom. The van der Waals surface area contributed by atoms with Crippen molar-refractivity contribution >= 4 is 11.8 Å². The lowest BCUT2D eigenvalue weighted by atomic mass is 9.80. The minimum Gasteiger partial charge on any atom is -0.465 e. The normalized spacial score (nSPS) is 23.1. The molecule has 1 atom stereocenters. The molecule has 0 aliphatic heterocycles. The average molecular weight is 252 g/mol. The van der Waals surface area contributed by atoms with Crippen molar-refractivity contribution in [2.24, 2.45) is 5.41 Å². The second kappa shape index (κ2) is 7.34. The van der Waals surface area contributed by atoms with Gasteiger partial charge in [0.05, 0.1) is 6.61 Å². The van der Waals surface area contributed by atoms with Crippen LogP contribution in [-0.2, 0) is 14.3 Å². The summed E-state index contributed by atoms with van der Waals surface area (Å²) in [5.41, 5.74) is -0.815. The summed E-state index contributed by atoms with van der Waals surface area (Å²) in [7, 11) is 0. The Morgan fingerprint density at radius 2 is 2.22 bits per heavy atom. The Bertz CT molecular complexity index is 309. The molecular weight excluding hydrogens is 228 g/mol. The van der Waals surface area contributed by atoms with Crippen LogP contribution in [0.5, 0.6) is 0 Å². The first-order valence-electron chi connectivity index (χ1n) is 6.99. The molecule has 0 aromatic rings. The van der Waals surface area contributed by atoms with Crippen molar-refractivity contribution < 1.29 is 14.3 Å². The maximum Gasteiger partial charge on any atom is 0.319 e. The molecule has 0 amide bonds. The van der Waals surface area contributed by atoms with Crippen LogP contribution < -0.4 is 0 Å². The minimum atomic E-state index is -0.815. The highest BCUT2D eigenvalue weighted by Crippen LogP contribution is 2.40. The van der Waals surface area contributed by atoms with E-state index in [1.165, 1.54) is 0 Å². The minimum absolute atomic E-state index is 0.0877. The van der Waals surface area contributed by atoms with Crippen molar-refractivity contribution in [2.75, 3.05) is 6.61 Å². The molecule has 0 aromatic carbocycles. The van der Waals surface area contributed by atoms with Crippen LogP contribution in [0.25, 0.3) is 0 Å². The zero-order valence-corrected chi connectivity index (χ0v) is 11.4. The molecule has 18 heavy (non-hydrogen) atoms. The molecule has 1 rings (SSSR count). The van der Waals surface area contributed by atoms with E-state index in [0.29, 0.717) is 25.9 Å². The molecule has 0 heterocycles. The molecular formula is C15H24O3. The summed E-state index contributed by atoms with van der Waals surface area (Å²) in [4.78, 5) is 24.1. The summed E-state index contributed by atoms with van der Waals surface area (Å²) in [6.07, 6.45) is 8.63. The van der Waals surface area contributed by atoms with Crippen molar-refractivity contribution in [2.45, 2.75) is 58.3 Å². The van der Waals surface area contributed by atoms with E-state index in [1.54, 1.807) is 6.92 Å². The third-order valence-electron chi connectivity index (χ3n) is 3.72. The van der Waals surface area contributed by atoms with Crippen LogP contribution in [-0.4, -0.2) is 18.4 Å². The van der Waals surface area contributed by atoms with E-state index >= 15 is 0 Å². The second-order valence-corrected chi connectivity index (χ2v) is 4.97. The summed E-state index contributed by atoms with van der Waals surface area (Å²) in [5, 5.41) is 0. The summed E-state index contributed by atoms with van der Waals surface area (Å²) < 4.78 is 5.10. The van der Waals surface area contributed by atoms with E-state index in [9.17, 15) is 9.59 Å². The molecule has 3 nitrogen and oxygen atoms in total. The first kappa shape index (κ1) is 14.9. The van der Waals surface area contributed by atoms with Crippen LogP contribution in [0.3, 0.4) is 0 Å². The number of Topliss-reactive ketones (excluding diaryl/α,β-unsaturated/α-hetero) is 1. The van der Waals surface area contributed by atoms with Gasteiger partial charge in [0.1, 0.15) is 11.2 Å². The van der Waals surface area contributed by atoms with Gasteiger partial charge in [-0.25, -0.2) is 0 Å².